The largest absolute Gasteiger partial charge is 0.443 e. The molecule has 3 N–H and O–H groups in total. The number of aliphatic hydroxyl groups is 1. The summed E-state index contributed by atoms with van der Waals surface area (Å²) >= 11 is 0. The van der Waals surface area contributed by atoms with Gasteiger partial charge in [-0.05, 0) is 52.7 Å². The lowest BCUT2D eigenvalue weighted by Crippen LogP contribution is -2.56. The number of ether oxygens (including phenoxy) is 2. The molecule has 35 heavy (non-hydrogen) atoms. The molecule has 1 unspecified atom stereocenters. The third kappa shape index (κ3) is 9.29. The van der Waals surface area contributed by atoms with Crippen molar-refractivity contribution >= 4 is 18.1 Å². The molecule has 0 aromatic heterocycles. The number of aliphatic hydroxyl groups excluding tert-OH is 1. The van der Waals surface area contributed by atoms with E-state index in [2.05, 4.69) is 10.7 Å². The summed E-state index contributed by atoms with van der Waals surface area (Å²) in [6.07, 6.45) is -3.66. The number of rotatable bonds is 6. The lowest BCUT2D eigenvalue weighted by atomic mass is 10.00. The molecule has 0 aliphatic carbocycles. The van der Waals surface area contributed by atoms with Crippen LogP contribution in [0, 0.1) is 0 Å². The number of carbonyl (C=O) groups is 3. The Hall–Kier alpha value is -3.59. The van der Waals surface area contributed by atoms with Gasteiger partial charge in [0.05, 0.1) is 0 Å². The van der Waals surface area contributed by atoms with Gasteiger partial charge < -0.3 is 19.9 Å². The molecule has 0 saturated carbocycles. The van der Waals surface area contributed by atoms with Crippen molar-refractivity contribution in [3.63, 3.8) is 0 Å². The summed E-state index contributed by atoms with van der Waals surface area (Å²) in [4.78, 5) is 38.8. The number of hydrogen-bond acceptors (Lipinski definition) is 6. The fourth-order valence-electron chi connectivity index (χ4n) is 3.09. The van der Waals surface area contributed by atoms with Gasteiger partial charge in [-0.15, -0.1) is 0 Å². The average Bonchev–Trinajstić information content (AvgIpc) is 2.76. The highest BCUT2D eigenvalue weighted by atomic mass is 16.6. The van der Waals surface area contributed by atoms with Gasteiger partial charge in [0.1, 0.15) is 17.2 Å². The topological polar surface area (TPSA) is 117 Å². The Morgan fingerprint density at radius 1 is 0.857 bits per heavy atom. The van der Waals surface area contributed by atoms with E-state index < -0.39 is 41.4 Å². The number of nitrogens with one attached hydrogen (secondary N) is 2. The van der Waals surface area contributed by atoms with Crippen molar-refractivity contribution in [1.29, 1.82) is 0 Å². The number of amides is 3. The minimum absolute atomic E-state index is 0.171. The zero-order chi connectivity index (χ0) is 26.2. The van der Waals surface area contributed by atoms with Crippen LogP contribution in [0.5, 0.6) is 0 Å². The van der Waals surface area contributed by atoms with Gasteiger partial charge in [-0.2, -0.15) is 0 Å². The average molecular weight is 486 g/mol. The molecule has 0 aliphatic rings. The molecule has 2 rings (SSSR count). The maximum absolute atomic E-state index is 13.2. The van der Waals surface area contributed by atoms with Crippen molar-refractivity contribution in [1.82, 2.24) is 15.8 Å². The molecule has 0 aliphatic heterocycles. The first-order chi connectivity index (χ1) is 16.3. The van der Waals surface area contributed by atoms with Crippen LogP contribution in [0.25, 0.3) is 0 Å². The zero-order valence-corrected chi connectivity index (χ0v) is 21.1. The minimum Gasteiger partial charge on any atom is -0.443 e. The van der Waals surface area contributed by atoms with Crippen molar-refractivity contribution < 1.29 is 29.0 Å². The first kappa shape index (κ1) is 27.7. The SMILES string of the molecule is CC(C)(C)OC(=O)NN(C(=O)OC(C)(C)C)[C@@H](c1ccccc1)C(O)C(=O)NCc1ccccc1. The van der Waals surface area contributed by atoms with Crippen LogP contribution in [0.15, 0.2) is 60.7 Å². The summed E-state index contributed by atoms with van der Waals surface area (Å²) in [6.45, 7) is 10.2. The van der Waals surface area contributed by atoms with Crippen LogP contribution in [0.3, 0.4) is 0 Å². The van der Waals surface area contributed by atoms with Gasteiger partial charge in [0, 0.05) is 6.54 Å². The monoisotopic (exact) mass is 485 g/mol. The van der Waals surface area contributed by atoms with Gasteiger partial charge in [-0.25, -0.2) is 20.0 Å². The number of carbonyl (C=O) groups excluding carboxylic acids is 3. The third-order valence-corrected chi connectivity index (χ3v) is 4.50. The Kier molecular flexibility index (Phi) is 9.25. The Labute approximate surface area is 206 Å². The Balaban J connectivity index is 2.39. The predicted octanol–water partition coefficient (Wildman–Crippen LogP) is 4.08. The second-order valence-corrected chi connectivity index (χ2v) is 9.97. The molecule has 9 heteroatoms. The Bertz CT molecular complexity index is 984. The highest BCUT2D eigenvalue weighted by Crippen LogP contribution is 2.26. The first-order valence-electron chi connectivity index (χ1n) is 11.3. The third-order valence-electron chi connectivity index (χ3n) is 4.50. The van der Waals surface area contributed by atoms with Gasteiger partial charge in [-0.3, -0.25) is 4.79 Å². The smallest absolute Gasteiger partial charge is 0.429 e. The zero-order valence-electron chi connectivity index (χ0n) is 21.1. The summed E-state index contributed by atoms with van der Waals surface area (Å²) in [5.74, 6) is -0.734. The van der Waals surface area contributed by atoms with Crippen molar-refractivity contribution in [3.05, 3.63) is 71.8 Å². The molecule has 0 bridgehead atoms. The first-order valence-corrected chi connectivity index (χ1v) is 11.3. The number of hydrogen-bond donors (Lipinski definition) is 3. The van der Waals surface area contributed by atoms with Crippen molar-refractivity contribution in [2.75, 3.05) is 0 Å². The van der Waals surface area contributed by atoms with E-state index in [1.54, 1.807) is 71.9 Å². The summed E-state index contributed by atoms with van der Waals surface area (Å²) in [5, 5.41) is 14.6. The Morgan fingerprint density at radius 2 is 1.37 bits per heavy atom. The predicted molar refractivity (Wildman–Crippen MR) is 131 cm³/mol. The second kappa shape index (κ2) is 11.7. The lowest BCUT2D eigenvalue weighted by Gasteiger charge is -2.35. The van der Waals surface area contributed by atoms with E-state index in [1.165, 1.54) is 0 Å². The number of nitrogens with zero attached hydrogens (tertiary/aromatic N) is 1. The maximum atomic E-state index is 13.2. The quantitative estimate of drug-likeness (QED) is 0.531. The second-order valence-electron chi connectivity index (χ2n) is 9.97. The van der Waals surface area contributed by atoms with Crippen LogP contribution in [-0.4, -0.2) is 45.5 Å². The summed E-state index contributed by atoms with van der Waals surface area (Å²) in [7, 11) is 0. The fraction of sp³-hybridized carbons (Fsp3) is 0.423. The van der Waals surface area contributed by atoms with Gasteiger partial charge in [0.2, 0.25) is 0 Å². The molecule has 0 heterocycles. The molecule has 0 radical (unpaired) electrons. The summed E-state index contributed by atoms with van der Waals surface area (Å²) in [5.41, 5.74) is 1.84. The fourth-order valence-corrected chi connectivity index (χ4v) is 3.09. The van der Waals surface area contributed by atoms with Gasteiger partial charge in [0.25, 0.3) is 5.91 Å². The van der Waals surface area contributed by atoms with Crippen LogP contribution in [0.4, 0.5) is 9.59 Å². The normalized spacial score (nSPS) is 13.2. The Morgan fingerprint density at radius 3 is 1.89 bits per heavy atom. The van der Waals surface area contributed by atoms with Crippen LogP contribution in [0.1, 0.15) is 58.7 Å². The summed E-state index contributed by atoms with van der Waals surface area (Å²) < 4.78 is 10.8. The van der Waals surface area contributed by atoms with Crippen molar-refractivity contribution in [3.8, 4) is 0 Å². The molecule has 0 fully saturated rings. The van der Waals surface area contributed by atoms with Crippen molar-refractivity contribution in [2.24, 2.45) is 0 Å². The van der Waals surface area contributed by atoms with Gasteiger partial charge in [0.15, 0.2) is 6.10 Å². The highest BCUT2D eigenvalue weighted by molar-refractivity contribution is 5.83. The van der Waals surface area contributed by atoms with E-state index in [0.29, 0.717) is 5.56 Å². The lowest BCUT2D eigenvalue weighted by molar-refractivity contribution is -0.134. The molecule has 190 valence electrons. The molecule has 9 nitrogen and oxygen atoms in total. The standard InChI is InChI=1S/C26H35N3O6/c1-25(2,3)34-23(32)28-29(24(33)35-26(4,5)6)20(19-15-11-8-12-16-19)21(30)22(31)27-17-18-13-9-7-10-14-18/h7-16,20-21,30H,17H2,1-6H3,(H,27,31)(H,28,32)/t20-,21?/m0/s1. The molecule has 2 aromatic carbocycles. The number of benzene rings is 2. The van der Waals surface area contributed by atoms with Gasteiger partial charge in [-0.1, -0.05) is 60.7 Å². The van der Waals surface area contributed by atoms with E-state index in [0.717, 1.165) is 10.6 Å². The molecule has 0 saturated heterocycles. The van der Waals surface area contributed by atoms with E-state index in [1.807, 2.05) is 30.3 Å². The van der Waals surface area contributed by atoms with Crippen LogP contribution >= 0.6 is 0 Å². The molecular weight excluding hydrogens is 450 g/mol. The van der Waals surface area contributed by atoms with Crippen LogP contribution < -0.4 is 10.7 Å². The van der Waals surface area contributed by atoms with Crippen LogP contribution in [-0.2, 0) is 20.8 Å². The van der Waals surface area contributed by atoms with E-state index in [9.17, 15) is 19.5 Å². The minimum atomic E-state index is -1.75. The molecule has 3 amide bonds. The molecule has 2 atom stereocenters. The van der Waals surface area contributed by atoms with Crippen molar-refractivity contribution in [2.45, 2.75) is 71.4 Å². The summed E-state index contributed by atoms with van der Waals surface area (Å²) in [6, 6.07) is 16.3. The number of hydrazine groups is 1. The molecular formula is C26H35N3O6. The highest BCUT2D eigenvalue weighted by Gasteiger charge is 2.39. The molecule has 2 aromatic rings. The van der Waals surface area contributed by atoms with E-state index in [-0.39, 0.29) is 6.54 Å². The van der Waals surface area contributed by atoms with E-state index in [4.69, 9.17) is 9.47 Å². The van der Waals surface area contributed by atoms with E-state index >= 15 is 0 Å². The van der Waals surface area contributed by atoms with Gasteiger partial charge >= 0.3 is 12.2 Å². The van der Waals surface area contributed by atoms with Crippen LogP contribution in [0.2, 0.25) is 0 Å². The molecule has 0 spiro atoms. The maximum Gasteiger partial charge on any atom is 0.429 e.